The summed E-state index contributed by atoms with van der Waals surface area (Å²) in [5.41, 5.74) is -0.568. The molecule has 2 aliphatic rings. The zero-order chi connectivity index (χ0) is 22.8. The molecule has 166 valence electrons. The first-order valence-corrected chi connectivity index (χ1v) is 9.94. The molecule has 0 radical (unpaired) electrons. The van der Waals surface area contributed by atoms with Crippen LogP contribution in [0.1, 0.15) is 30.1 Å². The molecule has 0 bridgehead atoms. The minimum atomic E-state index is -4.47. The third kappa shape index (κ3) is 4.98. The maximum Gasteiger partial charge on any atom is 0.416 e. The normalized spacial score (nSPS) is 23.8. The Bertz CT molecular complexity index is 925. The number of nitrogens with one attached hydrogen (secondary N) is 1. The fourth-order valence-corrected chi connectivity index (χ4v) is 4.41. The van der Waals surface area contributed by atoms with Gasteiger partial charge >= 0.3 is 18.2 Å². The lowest BCUT2D eigenvalue weighted by atomic mass is 9.90. The van der Waals surface area contributed by atoms with Crippen molar-refractivity contribution < 1.29 is 27.9 Å². The molecular weight excluding hydrogens is 411 g/mol. The van der Waals surface area contributed by atoms with Crippen molar-refractivity contribution in [1.29, 1.82) is 0 Å². The van der Waals surface area contributed by atoms with Gasteiger partial charge in [-0.1, -0.05) is 24.8 Å². The number of carboxylic acid groups (broad SMARTS) is 1. The van der Waals surface area contributed by atoms with E-state index in [-0.39, 0.29) is 34.6 Å². The predicted octanol–water partition coefficient (Wildman–Crippen LogP) is 4.89. The molecule has 0 aromatic carbocycles. The van der Waals surface area contributed by atoms with Crippen molar-refractivity contribution in [3.63, 3.8) is 0 Å². The molecule has 31 heavy (non-hydrogen) atoms. The Balaban J connectivity index is 1.63. The number of nitrogens with zero attached hydrogens (tertiary/aromatic N) is 2. The highest BCUT2D eigenvalue weighted by molar-refractivity contribution is 5.99. The van der Waals surface area contributed by atoms with Crippen LogP contribution < -0.4 is 5.32 Å². The average Bonchev–Trinajstić information content (AvgIpc) is 3.26. The van der Waals surface area contributed by atoms with Gasteiger partial charge in [0.2, 0.25) is 0 Å². The van der Waals surface area contributed by atoms with Gasteiger partial charge in [-0.15, -0.1) is 0 Å². The van der Waals surface area contributed by atoms with Gasteiger partial charge in [-0.25, -0.2) is 9.59 Å². The van der Waals surface area contributed by atoms with Crippen LogP contribution in [0.25, 0.3) is 0 Å². The molecule has 1 aromatic rings. The number of carbonyl (C=O) groups is 2. The van der Waals surface area contributed by atoms with Crippen LogP contribution in [0.2, 0.25) is 0 Å². The third-order valence-electron chi connectivity index (χ3n) is 5.93. The maximum absolute atomic E-state index is 13.4. The van der Waals surface area contributed by atoms with Crippen molar-refractivity contribution in [2.24, 2.45) is 17.8 Å². The molecular formula is C22H24F3N3O3. The van der Waals surface area contributed by atoms with Gasteiger partial charge in [0.1, 0.15) is 5.56 Å². The number of fused-ring (bicyclic) bond motifs is 1. The SMILES string of the molecule is C=C(/C(=C\C=C/C)C(F)(F)F)[C@@H]1C[C@@H]2CN(C(=O)Nc3ccncc3C(=O)O)C[C@@H]2C1. The first kappa shape index (κ1) is 22.6. The Labute approximate surface area is 178 Å². The Morgan fingerprint density at radius 3 is 2.48 bits per heavy atom. The molecule has 1 saturated heterocycles. The molecule has 3 rings (SSSR count). The van der Waals surface area contributed by atoms with E-state index in [4.69, 9.17) is 0 Å². The van der Waals surface area contributed by atoms with E-state index in [1.54, 1.807) is 11.8 Å². The quantitative estimate of drug-likeness (QED) is 0.645. The lowest BCUT2D eigenvalue weighted by Gasteiger charge is -2.23. The summed E-state index contributed by atoms with van der Waals surface area (Å²) >= 11 is 0. The van der Waals surface area contributed by atoms with E-state index in [1.807, 2.05) is 0 Å². The first-order valence-electron chi connectivity index (χ1n) is 9.94. The average molecular weight is 435 g/mol. The Hall–Kier alpha value is -3.10. The minimum absolute atomic E-state index is 0.0834. The Kier molecular flexibility index (Phi) is 6.52. The second-order valence-electron chi connectivity index (χ2n) is 7.88. The number of rotatable bonds is 5. The molecule has 1 saturated carbocycles. The van der Waals surface area contributed by atoms with Crippen molar-refractivity contribution in [2.75, 3.05) is 18.4 Å². The Morgan fingerprint density at radius 2 is 1.94 bits per heavy atom. The van der Waals surface area contributed by atoms with Crippen LogP contribution in [0, 0.1) is 17.8 Å². The van der Waals surface area contributed by atoms with Crippen LogP contribution in [0.5, 0.6) is 0 Å². The summed E-state index contributed by atoms with van der Waals surface area (Å²) in [4.78, 5) is 29.2. The lowest BCUT2D eigenvalue weighted by Crippen LogP contribution is -2.34. The summed E-state index contributed by atoms with van der Waals surface area (Å²) < 4.78 is 40.3. The highest BCUT2D eigenvalue weighted by Crippen LogP contribution is 2.47. The first-order chi connectivity index (χ1) is 14.6. The van der Waals surface area contributed by atoms with Crippen molar-refractivity contribution in [3.8, 4) is 0 Å². The fraction of sp³-hybridized carbons (Fsp3) is 0.409. The number of hydrogen-bond donors (Lipinski definition) is 2. The number of carboxylic acids is 1. The van der Waals surface area contributed by atoms with Crippen LogP contribution in [0.15, 0.2) is 54.4 Å². The van der Waals surface area contributed by atoms with E-state index >= 15 is 0 Å². The van der Waals surface area contributed by atoms with E-state index in [2.05, 4.69) is 16.9 Å². The van der Waals surface area contributed by atoms with Gasteiger partial charge in [-0.05, 0) is 49.2 Å². The van der Waals surface area contributed by atoms with E-state index in [1.165, 1.54) is 24.4 Å². The zero-order valence-electron chi connectivity index (χ0n) is 17.0. The molecule has 1 aromatic heterocycles. The van der Waals surface area contributed by atoms with Crippen LogP contribution in [0.4, 0.5) is 23.7 Å². The number of pyridine rings is 1. The maximum atomic E-state index is 13.4. The monoisotopic (exact) mass is 435 g/mol. The molecule has 0 unspecified atom stereocenters. The molecule has 2 heterocycles. The van der Waals surface area contributed by atoms with Gasteiger partial charge in [-0.3, -0.25) is 4.98 Å². The number of allylic oxidation sites excluding steroid dienone is 5. The van der Waals surface area contributed by atoms with Crippen LogP contribution in [-0.4, -0.2) is 46.3 Å². The number of aromatic nitrogens is 1. The summed E-state index contributed by atoms with van der Waals surface area (Å²) in [6.07, 6.45) is 3.11. The third-order valence-corrected chi connectivity index (χ3v) is 5.93. The number of halogens is 3. The fourth-order valence-electron chi connectivity index (χ4n) is 4.41. The van der Waals surface area contributed by atoms with Gasteiger partial charge in [0, 0.05) is 25.5 Å². The van der Waals surface area contributed by atoms with Crippen molar-refractivity contribution in [2.45, 2.75) is 25.9 Å². The predicted molar refractivity (Wildman–Crippen MR) is 110 cm³/mol. The van der Waals surface area contributed by atoms with Crippen LogP contribution in [-0.2, 0) is 0 Å². The molecule has 1 aliphatic carbocycles. The molecule has 2 amide bonds. The largest absolute Gasteiger partial charge is 0.478 e. The molecule has 1 aliphatic heterocycles. The second kappa shape index (κ2) is 8.95. The van der Waals surface area contributed by atoms with Crippen LogP contribution >= 0.6 is 0 Å². The number of amides is 2. The summed E-state index contributed by atoms with van der Waals surface area (Å²) in [5, 5.41) is 11.8. The molecule has 2 fully saturated rings. The highest BCUT2D eigenvalue weighted by Gasteiger charge is 2.46. The molecule has 2 N–H and O–H groups in total. The second-order valence-corrected chi connectivity index (χ2v) is 7.88. The zero-order valence-corrected chi connectivity index (χ0v) is 17.0. The standard InChI is InChI=1S/C22H24F3N3O3/c1-3-4-5-18(22(23,24)25)13(2)14-8-15-11-28(12-16(15)9-14)21(31)27-19-6-7-26-10-17(19)20(29)30/h3-7,10,14-16H,2,8-9,11-12H2,1H3,(H,29,30)(H,26,27,31)/b4-3-,18-5+/t14-,15-,16+. The van der Waals surface area contributed by atoms with E-state index in [0.717, 1.165) is 12.3 Å². The van der Waals surface area contributed by atoms with E-state index in [9.17, 15) is 27.9 Å². The van der Waals surface area contributed by atoms with Crippen LogP contribution in [0.3, 0.4) is 0 Å². The number of aromatic carboxylic acids is 1. The Morgan fingerprint density at radius 1 is 1.29 bits per heavy atom. The molecule has 9 heteroatoms. The number of carbonyl (C=O) groups excluding carboxylic acids is 1. The van der Waals surface area contributed by atoms with E-state index < -0.39 is 23.7 Å². The summed E-state index contributed by atoms with van der Waals surface area (Å²) in [5.74, 6) is -1.31. The number of likely N-dealkylation sites (tertiary alicyclic amines) is 1. The van der Waals surface area contributed by atoms with E-state index in [0.29, 0.717) is 25.9 Å². The van der Waals surface area contributed by atoms with Gasteiger partial charge < -0.3 is 15.3 Å². The minimum Gasteiger partial charge on any atom is -0.478 e. The van der Waals surface area contributed by atoms with Gasteiger partial charge in [0.05, 0.1) is 11.3 Å². The van der Waals surface area contributed by atoms with Crippen molar-refractivity contribution >= 4 is 17.7 Å². The molecule has 0 spiro atoms. The van der Waals surface area contributed by atoms with Gasteiger partial charge in [0.25, 0.3) is 0 Å². The number of alkyl halides is 3. The highest BCUT2D eigenvalue weighted by atomic mass is 19.4. The van der Waals surface area contributed by atoms with Crippen molar-refractivity contribution in [3.05, 3.63) is 60.0 Å². The topological polar surface area (TPSA) is 82.5 Å². The lowest BCUT2D eigenvalue weighted by molar-refractivity contribution is -0.0900. The number of urea groups is 1. The smallest absolute Gasteiger partial charge is 0.416 e. The summed E-state index contributed by atoms with van der Waals surface area (Å²) in [6, 6.07) is 0.982. The summed E-state index contributed by atoms with van der Waals surface area (Å²) in [6.45, 7) is 6.22. The number of hydrogen-bond acceptors (Lipinski definition) is 3. The summed E-state index contributed by atoms with van der Waals surface area (Å²) in [7, 11) is 0. The van der Waals surface area contributed by atoms with Gasteiger partial charge in [0.15, 0.2) is 0 Å². The van der Waals surface area contributed by atoms with Gasteiger partial charge in [-0.2, -0.15) is 13.2 Å². The molecule has 6 nitrogen and oxygen atoms in total. The number of anilines is 1. The molecule has 3 atom stereocenters. The van der Waals surface area contributed by atoms with Crippen molar-refractivity contribution in [1.82, 2.24) is 9.88 Å².